The first kappa shape index (κ1) is 29.1. The van der Waals surface area contributed by atoms with E-state index in [0.29, 0.717) is 32.5 Å². The minimum absolute atomic E-state index is 0.0516. The lowest BCUT2D eigenvalue weighted by Crippen LogP contribution is -2.50. The van der Waals surface area contributed by atoms with E-state index in [1.165, 1.54) is 0 Å². The third kappa shape index (κ3) is 9.09. The molecule has 0 aliphatic carbocycles. The molecule has 0 bridgehead atoms. The van der Waals surface area contributed by atoms with Crippen LogP contribution in [0.15, 0.2) is 0 Å². The standard InChI is InChI=1S/C26H45N3O6/c1-8-9-14-27(17-21(30)28-15-10-12-19(28)23(32)34-25(2,3)4)18-22(31)29-16-11-13-20(29)24(33)35-26(5,6)7/h19-20H,8-18H2,1-7H3/t19-,20-/m1/s1. The molecule has 0 radical (unpaired) electrons. The Morgan fingerprint density at radius 1 is 0.771 bits per heavy atom. The van der Waals surface area contributed by atoms with Crippen molar-refractivity contribution in [2.24, 2.45) is 0 Å². The van der Waals surface area contributed by atoms with Crippen molar-refractivity contribution in [2.75, 3.05) is 32.7 Å². The lowest BCUT2D eigenvalue weighted by molar-refractivity contribution is -0.163. The van der Waals surface area contributed by atoms with E-state index >= 15 is 0 Å². The average molecular weight is 496 g/mol. The van der Waals surface area contributed by atoms with Gasteiger partial charge in [-0.3, -0.25) is 14.5 Å². The van der Waals surface area contributed by atoms with Crippen molar-refractivity contribution in [1.29, 1.82) is 0 Å². The Hall–Kier alpha value is -2.16. The largest absolute Gasteiger partial charge is 0.458 e. The van der Waals surface area contributed by atoms with Crippen LogP contribution < -0.4 is 0 Å². The Bertz CT molecular complexity index is 710. The summed E-state index contributed by atoms with van der Waals surface area (Å²) in [5.74, 6) is -1.10. The molecule has 2 atom stereocenters. The zero-order valence-electron chi connectivity index (χ0n) is 22.7. The number of hydrogen-bond donors (Lipinski definition) is 0. The van der Waals surface area contributed by atoms with Crippen molar-refractivity contribution in [1.82, 2.24) is 14.7 Å². The maximum absolute atomic E-state index is 13.2. The molecule has 0 unspecified atom stereocenters. The molecule has 2 amide bonds. The van der Waals surface area contributed by atoms with Gasteiger partial charge in [0.25, 0.3) is 0 Å². The molecule has 9 nitrogen and oxygen atoms in total. The van der Waals surface area contributed by atoms with Crippen molar-refractivity contribution in [3.8, 4) is 0 Å². The van der Waals surface area contributed by atoms with Crippen LogP contribution in [0.2, 0.25) is 0 Å². The Labute approximate surface area is 210 Å². The van der Waals surface area contributed by atoms with Crippen LogP contribution >= 0.6 is 0 Å². The second-order valence-electron chi connectivity index (χ2n) is 11.6. The number of unbranched alkanes of at least 4 members (excludes halogenated alkanes) is 1. The van der Waals surface area contributed by atoms with Gasteiger partial charge in [-0.25, -0.2) is 9.59 Å². The maximum Gasteiger partial charge on any atom is 0.329 e. The predicted molar refractivity (Wildman–Crippen MR) is 133 cm³/mol. The molecule has 35 heavy (non-hydrogen) atoms. The van der Waals surface area contributed by atoms with E-state index in [0.717, 1.165) is 25.7 Å². The van der Waals surface area contributed by atoms with Crippen molar-refractivity contribution in [2.45, 2.75) is 110 Å². The summed E-state index contributed by atoms with van der Waals surface area (Å²) >= 11 is 0. The SMILES string of the molecule is CCCCN(CC(=O)N1CCC[C@@H]1C(=O)OC(C)(C)C)CC(=O)N1CCC[C@@H]1C(=O)OC(C)(C)C. The van der Waals surface area contributed by atoms with Gasteiger partial charge >= 0.3 is 11.9 Å². The highest BCUT2D eigenvalue weighted by Crippen LogP contribution is 2.23. The molecule has 0 spiro atoms. The first-order chi connectivity index (χ1) is 16.2. The second-order valence-corrected chi connectivity index (χ2v) is 11.6. The monoisotopic (exact) mass is 495 g/mol. The topological polar surface area (TPSA) is 96.5 Å². The second kappa shape index (κ2) is 12.2. The van der Waals surface area contributed by atoms with Gasteiger partial charge in [0, 0.05) is 13.1 Å². The van der Waals surface area contributed by atoms with Crippen LogP contribution in [-0.4, -0.2) is 94.5 Å². The zero-order chi connectivity index (χ0) is 26.4. The van der Waals surface area contributed by atoms with Gasteiger partial charge in [0.15, 0.2) is 0 Å². The summed E-state index contributed by atoms with van der Waals surface area (Å²) in [5.41, 5.74) is -1.23. The third-order valence-corrected chi connectivity index (χ3v) is 6.05. The third-order valence-electron chi connectivity index (χ3n) is 6.05. The zero-order valence-corrected chi connectivity index (χ0v) is 22.7. The summed E-state index contributed by atoms with van der Waals surface area (Å²) in [5, 5.41) is 0. The number of ether oxygens (including phenoxy) is 2. The summed E-state index contributed by atoms with van der Waals surface area (Å²) in [6, 6.07) is -1.17. The van der Waals surface area contributed by atoms with E-state index in [2.05, 4.69) is 6.92 Å². The van der Waals surface area contributed by atoms with Crippen LogP contribution in [-0.2, 0) is 28.7 Å². The first-order valence-corrected chi connectivity index (χ1v) is 13.0. The lowest BCUT2D eigenvalue weighted by atomic mass is 10.1. The minimum atomic E-state index is -0.617. The van der Waals surface area contributed by atoms with Gasteiger partial charge in [-0.15, -0.1) is 0 Å². The quantitative estimate of drug-likeness (QED) is 0.454. The summed E-state index contributed by atoms with van der Waals surface area (Å²) < 4.78 is 11.0. The molecule has 2 fully saturated rings. The van der Waals surface area contributed by atoms with Crippen LogP contribution in [0.3, 0.4) is 0 Å². The molecule has 0 N–H and O–H groups in total. The van der Waals surface area contributed by atoms with Crippen LogP contribution in [0.25, 0.3) is 0 Å². The lowest BCUT2D eigenvalue weighted by Gasteiger charge is -2.31. The van der Waals surface area contributed by atoms with E-state index in [9.17, 15) is 19.2 Å². The fourth-order valence-corrected chi connectivity index (χ4v) is 4.52. The van der Waals surface area contributed by atoms with E-state index in [4.69, 9.17) is 9.47 Å². The van der Waals surface area contributed by atoms with Crippen molar-refractivity contribution in [3.05, 3.63) is 0 Å². The average Bonchev–Trinajstić information content (AvgIpc) is 3.38. The Balaban J connectivity index is 2.04. The number of hydrogen-bond acceptors (Lipinski definition) is 7. The molecule has 9 heteroatoms. The Morgan fingerprint density at radius 3 is 1.51 bits per heavy atom. The van der Waals surface area contributed by atoms with Crippen molar-refractivity contribution < 1.29 is 28.7 Å². The van der Waals surface area contributed by atoms with E-state index in [-0.39, 0.29) is 36.8 Å². The summed E-state index contributed by atoms with van der Waals surface area (Å²) in [4.78, 5) is 56.7. The van der Waals surface area contributed by atoms with E-state index < -0.39 is 23.3 Å². The van der Waals surface area contributed by atoms with Gasteiger partial charge in [-0.1, -0.05) is 13.3 Å². The highest BCUT2D eigenvalue weighted by atomic mass is 16.6. The van der Waals surface area contributed by atoms with Crippen LogP contribution in [0.4, 0.5) is 0 Å². The summed E-state index contributed by atoms with van der Waals surface area (Å²) in [7, 11) is 0. The number of nitrogens with zero attached hydrogens (tertiary/aromatic N) is 3. The smallest absolute Gasteiger partial charge is 0.329 e. The minimum Gasteiger partial charge on any atom is -0.458 e. The highest BCUT2D eigenvalue weighted by molar-refractivity contribution is 5.88. The summed E-state index contributed by atoms with van der Waals surface area (Å²) in [6.07, 6.45) is 4.42. The first-order valence-electron chi connectivity index (χ1n) is 13.0. The number of carbonyl (C=O) groups is 4. The predicted octanol–water partition coefficient (Wildman–Crippen LogP) is 2.75. The molecule has 2 aliphatic heterocycles. The summed E-state index contributed by atoms with van der Waals surface area (Å²) in [6.45, 7) is 14.6. The normalized spacial score (nSPS) is 20.9. The van der Waals surface area contributed by atoms with Gasteiger partial charge in [0.05, 0.1) is 13.1 Å². The molecular formula is C26H45N3O6. The molecule has 2 rings (SSSR count). The molecule has 2 aliphatic rings. The molecule has 200 valence electrons. The molecule has 2 saturated heterocycles. The molecular weight excluding hydrogens is 450 g/mol. The van der Waals surface area contributed by atoms with Gasteiger partial charge < -0.3 is 19.3 Å². The Morgan fingerprint density at radius 2 is 1.17 bits per heavy atom. The van der Waals surface area contributed by atoms with Crippen molar-refractivity contribution in [3.63, 3.8) is 0 Å². The highest BCUT2D eigenvalue weighted by Gasteiger charge is 2.39. The van der Waals surface area contributed by atoms with Gasteiger partial charge in [0.2, 0.25) is 11.8 Å². The fourth-order valence-electron chi connectivity index (χ4n) is 4.52. The van der Waals surface area contributed by atoms with E-state index in [1.807, 2.05) is 46.4 Å². The van der Waals surface area contributed by atoms with Crippen LogP contribution in [0, 0.1) is 0 Å². The number of carbonyl (C=O) groups excluding carboxylic acids is 4. The molecule has 2 heterocycles. The van der Waals surface area contributed by atoms with Gasteiger partial charge in [-0.05, 0) is 80.2 Å². The van der Waals surface area contributed by atoms with E-state index in [1.54, 1.807) is 9.80 Å². The molecule has 0 aromatic rings. The maximum atomic E-state index is 13.2. The number of rotatable bonds is 9. The molecule has 0 aromatic heterocycles. The number of esters is 2. The molecule has 0 saturated carbocycles. The molecule has 0 aromatic carbocycles. The van der Waals surface area contributed by atoms with Gasteiger partial charge in [-0.2, -0.15) is 0 Å². The fraction of sp³-hybridized carbons (Fsp3) is 0.846. The number of likely N-dealkylation sites (tertiary alicyclic amines) is 2. The van der Waals surface area contributed by atoms with Crippen LogP contribution in [0.5, 0.6) is 0 Å². The van der Waals surface area contributed by atoms with Crippen molar-refractivity contribution >= 4 is 23.8 Å². The van der Waals surface area contributed by atoms with Crippen LogP contribution in [0.1, 0.15) is 87.0 Å². The number of amides is 2. The Kier molecular flexibility index (Phi) is 10.1. The van der Waals surface area contributed by atoms with Gasteiger partial charge in [0.1, 0.15) is 23.3 Å².